The molecule has 1 amide bonds. The number of nitrogens with two attached hydrogens (primary N) is 1. The van der Waals surface area contributed by atoms with Crippen molar-refractivity contribution >= 4 is 29.3 Å². The van der Waals surface area contributed by atoms with Gasteiger partial charge in [-0.3, -0.25) is 4.79 Å². The van der Waals surface area contributed by atoms with Crippen LogP contribution in [0.5, 0.6) is 0 Å². The minimum atomic E-state index is -0.136. The first-order valence-corrected chi connectivity index (χ1v) is 6.81. The van der Waals surface area contributed by atoms with Crippen LogP contribution in [0.3, 0.4) is 0 Å². The number of ether oxygens (including phenoxy) is 1. The van der Waals surface area contributed by atoms with Crippen LogP contribution in [0.1, 0.15) is 0 Å². The number of aromatic nitrogens is 2. The van der Waals surface area contributed by atoms with Crippen molar-refractivity contribution in [2.45, 2.75) is 5.16 Å². The zero-order valence-electron chi connectivity index (χ0n) is 10.9. The summed E-state index contributed by atoms with van der Waals surface area (Å²) < 4.78 is 4.83. The largest absolute Gasteiger partial charge is 0.383 e. The van der Waals surface area contributed by atoms with Crippen LogP contribution in [0.25, 0.3) is 0 Å². The highest BCUT2D eigenvalue weighted by molar-refractivity contribution is 7.98. The molecule has 106 valence electrons. The second kappa shape index (κ2) is 8.51. The van der Waals surface area contributed by atoms with Gasteiger partial charge in [0.05, 0.1) is 13.2 Å². The van der Waals surface area contributed by atoms with E-state index in [0.717, 1.165) is 0 Å². The first kappa shape index (κ1) is 15.5. The van der Waals surface area contributed by atoms with E-state index < -0.39 is 0 Å². The number of anilines is 2. The van der Waals surface area contributed by atoms with Gasteiger partial charge < -0.3 is 20.8 Å². The molecule has 0 fully saturated rings. The van der Waals surface area contributed by atoms with E-state index in [0.29, 0.717) is 29.9 Å². The van der Waals surface area contributed by atoms with Crippen LogP contribution in [-0.4, -0.2) is 48.9 Å². The number of nitrogen functional groups attached to an aromatic ring is 1. The molecule has 1 heterocycles. The lowest BCUT2D eigenvalue weighted by atomic mass is 10.5. The van der Waals surface area contributed by atoms with Gasteiger partial charge in [0.1, 0.15) is 11.6 Å². The van der Waals surface area contributed by atoms with E-state index >= 15 is 0 Å². The van der Waals surface area contributed by atoms with Gasteiger partial charge in [-0.25, -0.2) is 15.8 Å². The number of hydrogen-bond donors (Lipinski definition) is 4. The van der Waals surface area contributed by atoms with Gasteiger partial charge in [0.15, 0.2) is 5.16 Å². The summed E-state index contributed by atoms with van der Waals surface area (Å²) in [4.78, 5) is 19.8. The summed E-state index contributed by atoms with van der Waals surface area (Å²) in [6, 6.07) is 1.63. The van der Waals surface area contributed by atoms with E-state index in [9.17, 15) is 4.79 Å². The van der Waals surface area contributed by atoms with Crippen LogP contribution in [0, 0.1) is 0 Å². The monoisotopic (exact) mass is 286 g/mol. The highest BCUT2D eigenvalue weighted by Crippen LogP contribution is 2.16. The highest BCUT2D eigenvalue weighted by Gasteiger charge is 2.05. The number of thioether (sulfide) groups is 1. The van der Waals surface area contributed by atoms with Crippen LogP contribution in [0.15, 0.2) is 11.2 Å². The minimum Gasteiger partial charge on any atom is -0.383 e. The molecule has 1 aromatic rings. The third-order valence-corrected chi connectivity index (χ3v) is 2.64. The Morgan fingerprint density at radius 2 is 2.21 bits per heavy atom. The Balaban J connectivity index is 2.50. The molecule has 0 aliphatic carbocycles. The van der Waals surface area contributed by atoms with Crippen LogP contribution >= 0.6 is 11.8 Å². The van der Waals surface area contributed by atoms with Crippen LogP contribution in [-0.2, 0) is 9.53 Å². The van der Waals surface area contributed by atoms with Gasteiger partial charge in [0.2, 0.25) is 5.91 Å². The van der Waals surface area contributed by atoms with Gasteiger partial charge in [-0.1, -0.05) is 11.8 Å². The minimum absolute atomic E-state index is 0.124. The topological polar surface area (TPSA) is 114 Å². The Morgan fingerprint density at radius 1 is 1.47 bits per heavy atom. The van der Waals surface area contributed by atoms with Crippen molar-refractivity contribution in [2.75, 3.05) is 43.8 Å². The lowest BCUT2D eigenvalue weighted by Crippen LogP contribution is -2.32. The fraction of sp³-hybridized carbons (Fsp3) is 0.500. The van der Waals surface area contributed by atoms with Crippen LogP contribution < -0.4 is 21.9 Å². The maximum absolute atomic E-state index is 11.5. The fourth-order valence-electron chi connectivity index (χ4n) is 1.21. The van der Waals surface area contributed by atoms with E-state index in [1.165, 1.54) is 11.8 Å². The molecule has 1 rings (SSSR count). The molecule has 0 spiro atoms. The summed E-state index contributed by atoms with van der Waals surface area (Å²) >= 11 is 1.39. The second-order valence-corrected chi connectivity index (χ2v) is 4.24. The number of carbonyl (C=O) groups excluding carboxylic acids is 1. The van der Waals surface area contributed by atoms with E-state index in [-0.39, 0.29) is 12.5 Å². The molecule has 0 unspecified atom stereocenters. The molecule has 19 heavy (non-hydrogen) atoms. The van der Waals surface area contributed by atoms with Gasteiger partial charge >= 0.3 is 0 Å². The van der Waals surface area contributed by atoms with E-state index in [1.807, 2.05) is 6.26 Å². The van der Waals surface area contributed by atoms with Gasteiger partial charge in [0, 0.05) is 19.7 Å². The summed E-state index contributed by atoms with van der Waals surface area (Å²) in [5, 5.41) is 6.17. The Kier molecular flexibility index (Phi) is 6.93. The molecule has 1 aromatic heterocycles. The Bertz CT molecular complexity index is 395. The number of nitrogens with one attached hydrogen (secondary N) is 3. The molecule has 5 N–H and O–H groups in total. The van der Waals surface area contributed by atoms with Crippen LogP contribution in [0.4, 0.5) is 11.6 Å². The summed E-state index contributed by atoms with van der Waals surface area (Å²) in [7, 11) is 1.58. The van der Waals surface area contributed by atoms with Crippen molar-refractivity contribution < 1.29 is 9.53 Å². The van der Waals surface area contributed by atoms with Crippen LogP contribution in [0.2, 0.25) is 0 Å². The number of hydrogen-bond acceptors (Lipinski definition) is 8. The summed E-state index contributed by atoms with van der Waals surface area (Å²) in [5.41, 5.74) is 2.45. The highest BCUT2D eigenvalue weighted by atomic mass is 32.2. The number of hydrazine groups is 1. The van der Waals surface area contributed by atoms with E-state index in [2.05, 4.69) is 26.0 Å². The molecule has 0 bridgehead atoms. The molecule has 9 heteroatoms. The average Bonchev–Trinajstić information content (AvgIpc) is 2.45. The SMILES string of the molecule is COCCNC(=O)CNc1cc(NN)nc(SC)n1. The summed E-state index contributed by atoms with van der Waals surface area (Å²) in [6.45, 7) is 1.09. The number of nitrogens with zero attached hydrogens (tertiary/aromatic N) is 2. The van der Waals surface area contributed by atoms with Crippen molar-refractivity contribution in [2.24, 2.45) is 5.84 Å². The van der Waals surface area contributed by atoms with Gasteiger partial charge in [0.25, 0.3) is 0 Å². The van der Waals surface area contributed by atoms with Crippen molar-refractivity contribution in [1.29, 1.82) is 0 Å². The standard InChI is InChI=1S/C10H18N6O2S/c1-18-4-3-12-9(17)6-13-7-5-8(16-11)15-10(14-7)19-2/h5H,3-4,6,11H2,1-2H3,(H,12,17)(H2,13,14,15,16). The third-order valence-electron chi connectivity index (χ3n) is 2.09. The molecule has 0 saturated heterocycles. The van der Waals surface area contributed by atoms with Crippen molar-refractivity contribution in [3.8, 4) is 0 Å². The number of carbonyl (C=O) groups is 1. The molecular formula is C10H18N6O2S. The molecule has 0 aromatic carbocycles. The Hall–Kier alpha value is -1.58. The molecule has 8 nitrogen and oxygen atoms in total. The quantitative estimate of drug-likeness (QED) is 0.169. The maximum Gasteiger partial charge on any atom is 0.239 e. The average molecular weight is 286 g/mol. The molecule has 0 aliphatic rings. The molecule has 0 atom stereocenters. The van der Waals surface area contributed by atoms with Crippen molar-refractivity contribution in [3.63, 3.8) is 0 Å². The summed E-state index contributed by atoms with van der Waals surface area (Å²) in [5.74, 6) is 6.20. The fourth-order valence-corrected chi connectivity index (χ4v) is 1.59. The number of amides is 1. The predicted molar refractivity (Wildman–Crippen MR) is 75.0 cm³/mol. The number of rotatable bonds is 8. The summed E-state index contributed by atoms with van der Waals surface area (Å²) in [6.07, 6.45) is 1.86. The van der Waals surface area contributed by atoms with Crippen molar-refractivity contribution in [3.05, 3.63) is 6.07 Å². The maximum atomic E-state index is 11.5. The third kappa shape index (κ3) is 5.73. The Labute approximate surface area is 115 Å². The van der Waals surface area contributed by atoms with Gasteiger partial charge in [-0.2, -0.15) is 0 Å². The van der Waals surface area contributed by atoms with Gasteiger partial charge in [-0.05, 0) is 6.26 Å². The molecule has 0 radical (unpaired) electrons. The van der Waals surface area contributed by atoms with E-state index in [4.69, 9.17) is 10.6 Å². The van der Waals surface area contributed by atoms with Gasteiger partial charge in [-0.15, -0.1) is 0 Å². The molecular weight excluding hydrogens is 268 g/mol. The zero-order valence-corrected chi connectivity index (χ0v) is 11.7. The van der Waals surface area contributed by atoms with Crippen molar-refractivity contribution in [1.82, 2.24) is 15.3 Å². The zero-order chi connectivity index (χ0) is 14.1. The van der Waals surface area contributed by atoms with E-state index in [1.54, 1.807) is 13.2 Å². The predicted octanol–water partition coefficient (Wildman–Crippen LogP) is -0.341. The smallest absolute Gasteiger partial charge is 0.239 e. The normalized spacial score (nSPS) is 10.1. The first-order chi connectivity index (χ1) is 9.19. The molecule has 0 saturated carbocycles. The first-order valence-electron chi connectivity index (χ1n) is 5.58. The molecule has 0 aliphatic heterocycles. The lowest BCUT2D eigenvalue weighted by molar-refractivity contribution is -0.119. The Morgan fingerprint density at radius 3 is 2.84 bits per heavy atom. The second-order valence-electron chi connectivity index (χ2n) is 3.47. The number of methoxy groups -OCH3 is 1. The lowest BCUT2D eigenvalue weighted by Gasteiger charge is -2.09.